The first-order valence-corrected chi connectivity index (χ1v) is 6.32. The zero-order chi connectivity index (χ0) is 10.4. The Kier molecular flexibility index (Phi) is 4.39. The molecule has 4 nitrogen and oxygen atoms in total. The molecule has 1 aromatic rings. The fourth-order valence-electron chi connectivity index (χ4n) is 1.13. The SMILES string of the molecule is CCOP(=O)(Cc1ccoc1)OCC. The molecule has 0 radical (unpaired) electrons. The van der Waals surface area contributed by atoms with Gasteiger partial charge >= 0.3 is 7.60 Å². The third kappa shape index (κ3) is 3.29. The van der Waals surface area contributed by atoms with E-state index in [4.69, 9.17) is 13.5 Å². The molecule has 0 aliphatic heterocycles. The predicted octanol–water partition coefficient (Wildman–Crippen LogP) is 3.05. The van der Waals surface area contributed by atoms with Gasteiger partial charge in [0.1, 0.15) is 0 Å². The molecule has 0 atom stereocenters. The second-order valence-corrected chi connectivity index (χ2v) is 4.79. The molecule has 80 valence electrons. The second-order valence-electron chi connectivity index (χ2n) is 2.74. The summed E-state index contributed by atoms with van der Waals surface area (Å²) < 4.78 is 27.1. The van der Waals surface area contributed by atoms with Gasteiger partial charge in [0.2, 0.25) is 0 Å². The molecule has 14 heavy (non-hydrogen) atoms. The van der Waals surface area contributed by atoms with Crippen LogP contribution in [0.5, 0.6) is 0 Å². The van der Waals surface area contributed by atoms with Gasteiger partial charge in [-0.05, 0) is 19.9 Å². The maximum Gasteiger partial charge on any atom is 0.335 e. The highest BCUT2D eigenvalue weighted by molar-refractivity contribution is 7.53. The monoisotopic (exact) mass is 218 g/mol. The summed E-state index contributed by atoms with van der Waals surface area (Å²) in [7, 11) is -2.97. The topological polar surface area (TPSA) is 48.7 Å². The zero-order valence-electron chi connectivity index (χ0n) is 8.43. The number of hydrogen-bond donors (Lipinski definition) is 0. The lowest BCUT2D eigenvalue weighted by molar-refractivity contribution is 0.219. The quantitative estimate of drug-likeness (QED) is 0.688. The fourth-order valence-corrected chi connectivity index (χ4v) is 2.80. The Labute approximate surface area is 83.7 Å². The Hall–Kier alpha value is -0.570. The molecule has 0 aliphatic rings. The van der Waals surface area contributed by atoms with Crippen LogP contribution in [0, 0.1) is 0 Å². The van der Waals surface area contributed by atoms with Gasteiger partial charge in [-0.3, -0.25) is 4.57 Å². The summed E-state index contributed by atoms with van der Waals surface area (Å²) in [6.45, 7) is 4.35. The van der Waals surface area contributed by atoms with Gasteiger partial charge in [0, 0.05) is 5.56 Å². The van der Waals surface area contributed by atoms with E-state index in [-0.39, 0.29) is 6.16 Å². The molecule has 0 saturated heterocycles. The summed E-state index contributed by atoms with van der Waals surface area (Å²) in [6.07, 6.45) is 3.35. The highest BCUT2D eigenvalue weighted by atomic mass is 31.2. The van der Waals surface area contributed by atoms with Crippen molar-refractivity contribution in [2.24, 2.45) is 0 Å². The van der Waals surface area contributed by atoms with Crippen molar-refractivity contribution in [1.82, 2.24) is 0 Å². The molecule has 0 unspecified atom stereocenters. The first-order chi connectivity index (χ1) is 6.70. The van der Waals surface area contributed by atoms with Gasteiger partial charge in [-0.1, -0.05) is 0 Å². The zero-order valence-corrected chi connectivity index (χ0v) is 9.33. The van der Waals surface area contributed by atoms with Crippen molar-refractivity contribution < 1.29 is 18.0 Å². The Balaban J connectivity index is 2.64. The molecule has 0 amide bonds. The van der Waals surface area contributed by atoms with Crippen LogP contribution < -0.4 is 0 Å². The largest absolute Gasteiger partial charge is 0.472 e. The Bertz CT molecular complexity index is 284. The smallest absolute Gasteiger partial charge is 0.335 e. The summed E-state index contributed by atoms with van der Waals surface area (Å²) in [5.74, 6) is 0. The maximum atomic E-state index is 12.0. The van der Waals surface area contributed by atoms with E-state index < -0.39 is 7.60 Å². The van der Waals surface area contributed by atoms with Crippen LogP contribution in [0.4, 0.5) is 0 Å². The minimum Gasteiger partial charge on any atom is -0.472 e. The third-order valence-corrected chi connectivity index (χ3v) is 3.66. The Morgan fingerprint density at radius 1 is 1.36 bits per heavy atom. The molecule has 0 N–H and O–H groups in total. The lowest BCUT2D eigenvalue weighted by Gasteiger charge is -2.15. The normalized spacial score (nSPS) is 11.9. The Morgan fingerprint density at radius 3 is 2.43 bits per heavy atom. The molecule has 0 aliphatic carbocycles. The van der Waals surface area contributed by atoms with E-state index in [9.17, 15) is 4.57 Å². The third-order valence-electron chi connectivity index (χ3n) is 1.61. The van der Waals surface area contributed by atoms with E-state index >= 15 is 0 Å². The standard InChI is InChI=1S/C9H15O4P/c1-3-12-14(10,13-4-2)8-9-5-6-11-7-9/h5-7H,3-4,8H2,1-2H3. The van der Waals surface area contributed by atoms with Crippen LogP contribution in [-0.2, 0) is 19.8 Å². The van der Waals surface area contributed by atoms with Crippen molar-refractivity contribution in [3.63, 3.8) is 0 Å². The molecule has 0 saturated carbocycles. The van der Waals surface area contributed by atoms with Crippen molar-refractivity contribution in [3.8, 4) is 0 Å². The van der Waals surface area contributed by atoms with Crippen LogP contribution in [-0.4, -0.2) is 13.2 Å². The lowest BCUT2D eigenvalue weighted by Crippen LogP contribution is -1.98. The van der Waals surface area contributed by atoms with Gasteiger partial charge in [0.15, 0.2) is 0 Å². The van der Waals surface area contributed by atoms with Crippen molar-refractivity contribution in [1.29, 1.82) is 0 Å². The summed E-state index contributed by atoms with van der Waals surface area (Å²) in [5, 5.41) is 0. The summed E-state index contributed by atoms with van der Waals surface area (Å²) in [4.78, 5) is 0. The Morgan fingerprint density at radius 2 is 2.00 bits per heavy atom. The molecule has 0 spiro atoms. The highest BCUT2D eigenvalue weighted by Gasteiger charge is 2.24. The van der Waals surface area contributed by atoms with Crippen LogP contribution in [0.2, 0.25) is 0 Å². The summed E-state index contributed by atoms with van der Waals surface area (Å²) in [5.41, 5.74) is 0.829. The van der Waals surface area contributed by atoms with Crippen LogP contribution in [0.15, 0.2) is 23.0 Å². The maximum absolute atomic E-state index is 12.0. The first-order valence-electron chi connectivity index (χ1n) is 4.59. The molecule has 0 aromatic carbocycles. The van der Waals surface area contributed by atoms with E-state index in [1.807, 2.05) is 0 Å². The summed E-state index contributed by atoms with van der Waals surface area (Å²) in [6, 6.07) is 1.75. The predicted molar refractivity (Wildman–Crippen MR) is 53.3 cm³/mol. The van der Waals surface area contributed by atoms with Crippen molar-refractivity contribution in [3.05, 3.63) is 24.2 Å². The molecule has 0 bridgehead atoms. The van der Waals surface area contributed by atoms with E-state index in [2.05, 4.69) is 0 Å². The highest BCUT2D eigenvalue weighted by Crippen LogP contribution is 2.51. The van der Waals surface area contributed by atoms with Crippen molar-refractivity contribution in [2.75, 3.05) is 13.2 Å². The number of hydrogen-bond acceptors (Lipinski definition) is 4. The van der Waals surface area contributed by atoms with Gasteiger partial charge in [0.25, 0.3) is 0 Å². The van der Waals surface area contributed by atoms with Gasteiger partial charge in [-0.15, -0.1) is 0 Å². The molecule has 5 heteroatoms. The van der Waals surface area contributed by atoms with Gasteiger partial charge in [-0.2, -0.15) is 0 Å². The molecule has 1 heterocycles. The number of rotatable bonds is 6. The van der Waals surface area contributed by atoms with Crippen molar-refractivity contribution in [2.45, 2.75) is 20.0 Å². The van der Waals surface area contributed by atoms with Crippen LogP contribution in [0.3, 0.4) is 0 Å². The number of furan rings is 1. The fraction of sp³-hybridized carbons (Fsp3) is 0.556. The lowest BCUT2D eigenvalue weighted by atomic mass is 10.4. The molecular formula is C9H15O4P. The van der Waals surface area contributed by atoms with E-state index in [1.54, 1.807) is 26.2 Å². The average Bonchev–Trinajstić information content (AvgIpc) is 2.57. The molecule has 0 fully saturated rings. The van der Waals surface area contributed by atoms with Crippen molar-refractivity contribution >= 4 is 7.60 Å². The first kappa shape index (κ1) is 11.5. The van der Waals surface area contributed by atoms with E-state index in [0.29, 0.717) is 13.2 Å². The molecule has 1 aromatic heterocycles. The van der Waals surface area contributed by atoms with E-state index in [0.717, 1.165) is 5.56 Å². The molecule has 1 rings (SSSR count). The van der Waals surface area contributed by atoms with Gasteiger partial charge < -0.3 is 13.5 Å². The van der Waals surface area contributed by atoms with Gasteiger partial charge in [-0.25, -0.2) is 0 Å². The summed E-state index contributed by atoms with van der Waals surface area (Å²) >= 11 is 0. The van der Waals surface area contributed by atoms with Crippen LogP contribution in [0.1, 0.15) is 19.4 Å². The minimum absolute atomic E-state index is 0.269. The van der Waals surface area contributed by atoms with E-state index in [1.165, 1.54) is 6.26 Å². The van der Waals surface area contributed by atoms with Crippen LogP contribution in [0.25, 0.3) is 0 Å². The minimum atomic E-state index is -2.97. The molecular weight excluding hydrogens is 203 g/mol. The second kappa shape index (κ2) is 5.35. The van der Waals surface area contributed by atoms with Crippen LogP contribution >= 0.6 is 7.60 Å². The average molecular weight is 218 g/mol. The van der Waals surface area contributed by atoms with Gasteiger partial charge in [0.05, 0.1) is 31.9 Å².